The predicted octanol–water partition coefficient (Wildman–Crippen LogP) is 1.47. The third-order valence-electron chi connectivity index (χ3n) is 2.37. The van der Waals surface area contributed by atoms with Crippen LogP contribution in [0.15, 0.2) is 6.33 Å². The molecule has 1 N–H and O–H groups in total. The summed E-state index contributed by atoms with van der Waals surface area (Å²) in [6.07, 6.45) is 5.52. The van der Waals surface area contributed by atoms with Crippen LogP contribution in [-0.4, -0.2) is 21.3 Å². The average Bonchev–Trinajstić information content (AvgIpc) is 2.53. The molecule has 82 valence electrons. The van der Waals surface area contributed by atoms with Crippen molar-refractivity contribution in [3.8, 4) is 0 Å². The van der Waals surface area contributed by atoms with Crippen LogP contribution in [0.5, 0.6) is 0 Å². The van der Waals surface area contributed by atoms with E-state index >= 15 is 0 Å². The fourth-order valence-corrected chi connectivity index (χ4v) is 1.68. The Labute approximate surface area is 96.3 Å². The number of rotatable bonds is 1. The summed E-state index contributed by atoms with van der Waals surface area (Å²) in [5, 5.41) is 11.4. The molecule has 0 bridgehead atoms. The first kappa shape index (κ1) is 13.7. The largest absolute Gasteiger partial charge is 0.319 e. The van der Waals surface area contributed by atoms with Crippen LogP contribution >= 0.6 is 24.8 Å². The minimum absolute atomic E-state index is 0. The van der Waals surface area contributed by atoms with Crippen LogP contribution in [0.1, 0.15) is 31.1 Å². The first-order chi connectivity index (χ1) is 5.88. The van der Waals surface area contributed by atoms with E-state index in [1.54, 1.807) is 6.33 Å². The zero-order valence-corrected chi connectivity index (χ0v) is 9.77. The third kappa shape index (κ3) is 2.83. The topological polar surface area (TPSA) is 42.7 Å². The molecule has 1 fully saturated rings. The summed E-state index contributed by atoms with van der Waals surface area (Å²) < 4.78 is 1.99. The van der Waals surface area contributed by atoms with Crippen molar-refractivity contribution in [2.75, 3.05) is 6.54 Å². The van der Waals surface area contributed by atoms with Crippen molar-refractivity contribution in [1.82, 2.24) is 20.1 Å². The van der Waals surface area contributed by atoms with Gasteiger partial charge in [0, 0.05) is 7.05 Å². The molecule has 14 heavy (non-hydrogen) atoms. The average molecular weight is 239 g/mol. The number of halogens is 2. The Balaban J connectivity index is 0.000000845. The van der Waals surface area contributed by atoms with E-state index < -0.39 is 0 Å². The molecule has 0 aromatic carbocycles. The molecule has 1 saturated heterocycles. The maximum absolute atomic E-state index is 4.09. The van der Waals surface area contributed by atoms with Crippen molar-refractivity contribution in [3.05, 3.63) is 12.2 Å². The van der Waals surface area contributed by atoms with E-state index in [0.717, 1.165) is 12.4 Å². The van der Waals surface area contributed by atoms with Gasteiger partial charge in [0.25, 0.3) is 0 Å². The van der Waals surface area contributed by atoms with Gasteiger partial charge in [0.2, 0.25) is 0 Å². The highest BCUT2D eigenvalue weighted by molar-refractivity contribution is 5.85. The number of hydrogen-bond acceptors (Lipinski definition) is 3. The third-order valence-corrected chi connectivity index (χ3v) is 2.37. The summed E-state index contributed by atoms with van der Waals surface area (Å²) in [7, 11) is 1.99. The summed E-state index contributed by atoms with van der Waals surface area (Å²) in [4.78, 5) is 0. The summed E-state index contributed by atoms with van der Waals surface area (Å²) in [5.41, 5.74) is 0. The van der Waals surface area contributed by atoms with Crippen LogP contribution in [0.25, 0.3) is 0 Å². The molecule has 0 radical (unpaired) electrons. The summed E-state index contributed by atoms with van der Waals surface area (Å²) in [6, 6.07) is 0.422. The van der Waals surface area contributed by atoms with Crippen LogP contribution < -0.4 is 5.32 Å². The van der Waals surface area contributed by atoms with Crippen LogP contribution in [0.3, 0.4) is 0 Å². The Hall–Kier alpha value is -0.320. The van der Waals surface area contributed by atoms with Gasteiger partial charge in [-0.2, -0.15) is 0 Å². The lowest BCUT2D eigenvalue weighted by Gasteiger charge is -2.22. The maximum atomic E-state index is 4.09. The molecule has 2 rings (SSSR count). The van der Waals surface area contributed by atoms with Gasteiger partial charge in [-0.1, -0.05) is 6.42 Å². The Bertz CT molecular complexity index is 258. The Morgan fingerprint density at radius 2 is 2.21 bits per heavy atom. The van der Waals surface area contributed by atoms with Gasteiger partial charge in [-0.3, -0.25) is 0 Å². The van der Waals surface area contributed by atoms with E-state index in [-0.39, 0.29) is 24.8 Å². The molecule has 1 unspecified atom stereocenters. The Morgan fingerprint density at radius 1 is 1.43 bits per heavy atom. The minimum atomic E-state index is 0. The SMILES string of the molecule is Cl.Cl.Cn1cnnc1C1CCCCN1. The predicted molar refractivity (Wildman–Crippen MR) is 60.1 cm³/mol. The normalized spacial score (nSPS) is 20.8. The van der Waals surface area contributed by atoms with Gasteiger partial charge in [0.1, 0.15) is 12.2 Å². The van der Waals surface area contributed by atoms with Gasteiger partial charge in [0.05, 0.1) is 6.04 Å². The van der Waals surface area contributed by atoms with Crippen molar-refractivity contribution in [3.63, 3.8) is 0 Å². The second-order valence-electron chi connectivity index (χ2n) is 3.30. The highest BCUT2D eigenvalue weighted by atomic mass is 35.5. The fourth-order valence-electron chi connectivity index (χ4n) is 1.68. The second-order valence-corrected chi connectivity index (χ2v) is 3.30. The van der Waals surface area contributed by atoms with Crippen molar-refractivity contribution in [2.45, 2.75) is 25.3 Å². The van der Waals surface area contributed by atoms with Gasteiger partial charge >= 0.3 is 0 Å². The molecule has 4 nitrogen and oxygen atoms in total. The molecule has 0 spiro atoms. The molecule has 6 heteroatoms. The number of hydrogen-bond donors (Lipinski definition) is 1. The molecule has 1 aliphatic rings. The lowest BCUT2D eigenvalue weighted by Crippen LogP contribution is -2.28. The van der Waals surface area contributed by atoms with Crippen molar-refractivity contribution in [2.24, 2.45) is 7.05 Å². The van der Waals surface area contributed by atoms with E-state index in [1.165, 1.54) is 19.3 Å². The van der Waals surface area contributed by atoms with Crippen LogP contribution in [0.4, 0.5) is 0 Å². The molecule has 0 amide bonds. The molecule has 1 aromatic heterocycles. The second kappa shape index (κ2) is 6.22. The summed E-state index contributed by atoms with van der Waals surface area (Å²) >= 11 is 0. The van der Waals surface area contributed by atoms with Crippen LogP contribution in [-0.2, 0) is 7.05 Å². The van der Waals surface area contributed by atoms with E-state index in [1.807, 2.05) is 11.6 Å². The summed E-state index contributed by atoms with van der Waals surface area (Å²) in [5.74, 6) is 1.06. The molecular formula is C8H16Cl2N4. The number of nitrogens with one attached hydrogen (secondary N) is 1. The number of aromatic nitrogens is 3. The molecule has 0 saturated carbocycles. The quantitative estimate of drug-likeness (QED) is 0.807. The van der Waals surface area contributed by atoms with E-state index in [2.05, 4.69) is 15.5 Å². The molecule has 1 atom stereocenters. The standard InChI is InChI=1S/C8H14N4.2ClH/c1-12-6-10-11-8(12)7-4-2-3-5-9-7;;/h6-7,9H,2-5H2,1H3;2*1H. The Morgan fingerprint density at radius 3 is 2.71 bits per heavy atom. The number of piperidine rings is 1. The minimum Gasteiger partial charge on any atom is -0.319 e. The van der Waals surface area contributed by atoms with Gasteiger partial charge in [0.15, 0.2) is 0 Å². The van der Waals surface area contributed by atoms with Crippen molar-refractivity contribution >= 4 is 24.8 Å². The number of aryl methyl sites for hydroxylation is 1. The van der Waals surface area contributed by atoms with Gasteiger partial charge in [-0.25, -0.2) is 0 Å². The lowest BCUT2D eigenvalue weighted by atomic mass is 10.0. The molecule has 1 aliphatic heterocycles. The van der Waals surface area contributed by atoms with Crippen molar-refractivity contribution < 1.29 is 0 Å². The van der Waals surface area contributed by atoms with Crippen LogP contribution in [0, 0.1) is 0 Å². The van der Waals surface area contributed by atoms with E-state index in [9.17, 15) is 0 Å². The highest BCUT2D eigenvalue weighted by Crippen LogP contribution is 2.19. The van der Waals surface area contributed by atoms with Crippen molar-refractivity contribution in [1.29, 1.82) is 0 Å². The van der Waals surface area contributed by atoms with Gasteiger partial charge < -0.3 is 9.88 Å². The zero-order chi connectivity index (χ0) is 8.39. The van der Waals surface area contributed by atoms with Crippen LogP contribution in [0.2, 0.25) is 0 Å². The number of nitrogens with zero attached hydrogens (tertiary/aromatic N) is 3. The maximum Gasteiger partial charge on any atom is 0.149 e. The smallest absolute Gasteiger partial charge is 0.149 e. The monoisotopic (exact) mass is 238 g/mol. The molecular weight excluding hydrogens is 223 g/mol. The van der Waals surface area contributed by atoms with E-state index in [4.69, 9.17) is 0 Å². The molecule has 0 aliphatic carbocycles. The van der Waals surface area contributed by atoms with Gasteiger partial charge in [-0.05, 0) is 19.4 Å². The van der Waals surface area contributed by atoms with E-state index in [0.29, 0.717) is 6.04 Å². The molecule has 2 heterocycles. The zero-order valence-electron chi connectivity index (χ0n) is 8.14. The lowest BCUT2D eigenvalue weighted by molar-refractivity contribution is 0.389. The highest BCUT2D eigenvalue weighted by Gasteiger charge is 2.18. The fraction of sp³-hybridized carbons (Fsp3) is 0.750. The first-order valence-electron chi connectivity index (χ1n) is 4.45. The summed E-state index contributed by atoms with van der Waals surface area (Å²) in [6.45, 7) is 1.11. The first-order valence-corrected chi connectivity index (χ1v) is 4.45. The Kier molecular flexibility index (Phi) is 6.08. The van der Waals surface area contributed by atoms with Gasteiger partial charge in [-0.15, -0.1) is 35.0 Å². The molecule has 1 aromatic rings.